The van der Waals surface area contributed by atoms with E-state index in [0.717, 1.165) is 57.8 Å². The largest absolute Gasteiger partial charge is 0.481 e. The predicted molar refractivity (Wildman–Crippen MR) is 214 cm³/mol. The van der Waals surface area contributed by atoms with Gasteiger partial charge in [0.25, 0.3) is 0 Å². The molecule has 5 aliphatic heterocycles. The zero-order valence-electron chi connectivity index (χ0n) is 37.0. The van der Waals surface area contributed by atoms with Crippen molar-refractivity contribution < 1.29 is 62.9 Å². The van der Waals surface area contributed by atoms with Crippen molar-refractivity contribution in [2.75, 3.05) is 6.61 Å². The molecule has 5 rings (SSSR count). The molecule has 0 aromatic rings. The Morgan fingerprint density at radius 2 is 1.57 bits per heavy atom. The normalized spacial score (nSPS) is 43.2. The minimum Gasteiger partial charge on any atom is -0.481 e. The standard InChI is InChI=1S/C45H76O13/c1-11-13-14-15-16-17-36(48)52-33-24-44(56-39(29(33)6)30(7)38(31(8)41(49)50)54-35(47)12-2)21-20-42(9,58-44)34-18-19-43(10,55-34)40-27(4)23-32(53-40)37-26(3)22-28(5)45(51,25-46)57-37/h26-34,37-40,46,51H,11-25H2,1-10H3,(H,49,50)/t26-,27-,28+,29+,30-,31+,32+,33-,34+,37-,38+,39-,40?,42-,43-,44+,45-/m0/s1. The highest BCUT2D eigenvalue weighted by molar-refractivity contribution is 5.73. The van der Waals surface area contributed by atoms with Gasteiger partial charge < -0.3 is 48.5 Å². The van der Waals surface area contributed by atoms with Gasteiger partial charge in [-0.2, -0.15) is 0 Å². The summed E-state index contributed by atoms with van der Waals surface area (Å²) >= 11 is 0. The van der Waals surface area contributed by atoms with Crippen LogP contribution >= 0.6 is 0 Å². The molecule has 5 saturated heterocycles. The maximum Gasteiger partial charge on any atom is 0.309 e. The number of unbranched alkanes of at least 4 members (excludes halogenated alkanes) is 4. The SMILES string of the molecule is CCCCCCCC(=O)O[C@H]1C[C@]2(CC[C@@](C)([C@H]3CC[C@@](C)(C4O[C@@H]([C@H]5O[C@@](O)(CO)[C@H](C)C[C@@H]5C)C[C@@H]4C)O3)O2)O[C@H]([C@@H](C)[C@@H](OC(=O)CC)[C@@H](C)C(=O)O)[C@@H]1C. The van der Waals surface area contributed by atoms with E-state index in [1.165, 1.54) is 0 Å². The molecule has 0 amide bonds. The van der Waals surface area contributed by atoms with Crippen LogP contribution in [0.25, 0.3) is 0 Å². The highest BCUT2D eigenvalue weighted by atomic mass is 16.7. The number of ether oxygens (including phenoxy) is 7. The third kappa shape index (κ3) is 10.1. The molecule has 5 aliphatic rings. The molecule has 1 spiro atoms. The molecular formula is C45H76O13. The van der Waals surface area contributed by atoms with E-state index in [2.05, 4.69) is 34.6 Å². The van der Waals surface area contributed by atoms with Gasteiger partial charge in [0, 0.05) is 43.4 Å². The van der Waals surface area contributed by atoms with Crippen LogP contribution in [0.1, 0.15) is 159 Å². The molecule has 0 saturated carbocycles. The second-order valence-corrected chi connectivity index (χ2v) is 19.4. The lowest BCUT2D eigenvalue weighted by molar-refractivity contribution is -0.336. The second-order valence-electron chi connectivity index (χ2n) is 19.4. The van der Waals surface area contributed by atoms with E-state index in [4.69, 9.17) is 33.2 Å². The van der Waals surface area contributed by atoms with Crippen LogP contribution in [0.2, 0.25) is 0 Å². The van der Waals surface area contributed by atoms with Gasteiger partial charge >= 0.3 is 17.9 Å². The van der Waals surface area contributed by atoms with Gasteiger partial charge in [-0.1, -0.05) is 74.1 Å². The van der Waals surface area contributed by atoms with E-state index in [1.807, 2.05) is 20.8 Å². The van der Waals surface area contributed by atoms with Crippen LogP contribution in [-0.2, 0) is 47.5 Å². The molecule has 58 heavy (non-hydrogen) atoms. The minimum atomic E-state index is -1.60. The fourth-order valence-electron chi connectivity index (χ4n) is 10.9. The van der Waals surface area contributed by atoms with E-state index < -0.39 is 71.5 Å². The lowest BCUT2D eigenvalue weighted by Crippen LogP contribution is -2.57. The molecule has 0 radical (unpaired) electrons. The van der Waals surface area contributed by atoms with Crippen LogP contribution in [0.5, 0.6) is 0 Å². The summed E-state index contributed by atoms with van der Waals surface area (Å²) in [6, 6.07) is 0. The summed E-state index contributed by atoms with van der Waals surface area (Å²) in [5.74, 6) is -6.37. The number of carboxylic acid groups (broad SMARTS) is 1. The number of esters is 2. The molecule has 1 unspecified atom stereocenters. The van der Waals surface area contributed by atoms with Crippen LogP contribution in [0, 0.1) is 35.5 Å². The van der Waals surface area contributed by atoms with Gasteiger partial charge in [-0.05, 0) is 71.1 Å². The maximum absolute atomic E-state index is 13.3. The topological polar surface area (TPSA) is 177 Å². The third-order valence-electron chi connectivity index (χ3n) is 14.7. The van der Waals surface area contributed by atoms with Gasteiger partial charge in [-0.15, -0.1) is 0 Å². The minimum absolute atomic E-state index is 0.103. The molecule has 334 valence electrons. The molecule has 17 atom stereocenters. The number of aliphatic hydroxyl groups excluding tert-OH is 1. The van der Waals surface area contributed by atoms with E-state index in [-0.39, 0.29) is 60.5 Å². The van der Waals surface area contributed by atoms with Gasteiger partial charge in [0.15, 0.2) is 11.6 Å². The summed E-state index contributed by atoms with van der Waals surface area (Å²) in [6.45, 7) is 19.1. The Kier molecular flexibility index (Phi) is 15.5. The lowest BCUT2D eigenvalue weighted by Gasteiger charge is -2.49. The van der Waals surface area contributed by atoms with Gasteiger partial charge in [-0.25, -0.2) is 0 Å². The van der Waals surface area contributed by atoms with Crippen molar-refractivity contribution in [3.05, 3.63) is 0 Å². The first-order chi connectivity index (χ1) is 27.2. The maximum atomic E-state index is 13.3. The van der Waals surface area contributed by atoms with E-state index in [1.54, 1.807) is 13.8 Å². The summed E-state index contributed by atoms with van der Waals surface area (Å²) in [5, 5.41) is 31.1. The number of hydrogen-bond acceptors (Lipinski definition) is 12. The molecule has 13 heteroatoms. The van der Waals surface area contributed by atoms with Crippen LogP contribution < -0.4 is 0 Å². The summed E-state index contributed by atoms with van der Waals surface area (Å²) in [4.78, 5) is 38.2. The summed E-state index contributed by atoms with van der Waals surface area (Å²) < 4.78 is 46.2. The third-order valence-corrected chi connectivity index (χ3v) is 14.7. The number of carboxylic acids is 1. The second kappa shape index (κ2) is 19.0. The van der Waals surface area contributed by atoms with Crippen molar-refractivity contribution in [2.24, 2.45) is 35.5 Å². The molecule has 0 aromatic heterocycles. The van der Waals surface area contributed by atoms with Crippen molar-refractivity contribution in [3.8, 4) is 0 Å². The predicted octanol–water partition coefficient (Wildman–Crippen LogP) is 7.10. The first-order valence-corrected chi connectivity index (χ1v) is 22.6. The fourth-order valence-corrected chi connectivity index (χ4v) is 10.9. The highest BCUT2D eigenvalue weighted by Gasteiger charge is 2.62. The highest BCUT2D eigenvalue weighted by Crippen LogP contribution is 2.54. The first kappa shape index (κ1) is 47.2. The average molecular weight is 825 g/mol. The molecule has 5 heterocycles. The zero-order chi connectivity index (χ0) is 42.8. The summed E-state index contributed by atoms with van der Waals surface area (Å²) in [6.07, 6.45) is 6.53. The first-order valence-electron chi connectivity index (χ1n) is 22.6. The van der Waals surface area contributed by atoms with Crippen molar-refractivity contribution in [1.29, 1.82) is 0 Å². The molecule has 13 nitrogen and oxygen atoms in total. The molecule has 3 N–H and O–H groups in total. The Morgan fingerprint density at radius 3 is 2.22 bits per heavy atom. The number of carbonyl (C=O) groups is 3. The van der Waals surface area contributed by atoms with E-state index >= 15 is 0 Å². The Bertz CT molecular complexity index is 1410. The van der Waals surface area contributed by atoms with Gasteiger partial charge in [-0.3, -0.25) is 14.4 Å². The zero-order valence-corrected chi connectivity index (χ0v) is 37.0. The Labute approximate surface area is 346 Å². The van der Waals surface area contributed by atoms with Crippen LogP contribution in [0.4, 0.5) is 0 Å². The van der Waals surface area contributed by atoms with Crippen LogP contribution in [0.3, 0.4) is 0 Å². The number of carbonyl (C=O) groups excluding carboxylic acids is 2. The molecule has 0 aliphatic carbocycles. The lowest BCUT2D eigenvalue weighted by atomic mass is 9.78. The van der Waals surface area contributed by atoms with Crippen LogP contribution in [0.15, 0.2) is 0 Å². The average Bonchev–Trinajstić information content (AvgIpc) is 3.88. The number of rotatable bonds is 17. The van der Waals surface area contributed by atoms with Gasteiger partial charge in [0.2, 0.25) is 0 Å². The Hall–Kier alpha value is -1.87. The number of hydrogen-bond donors (Lipinski definition) is 3. The van der Waals surface area contributed by atoms with Crippen molar-refractivity contribution in [2.45, 2.75) is 225 Å². The fraction of sp³-hybridized carbons (Fsp3) is 0.933. The monoisotopic (exact) mass is 825 g/mol. The molecule has 0 aromatic carbocycles. The molecule has 0 bridgehead atoms. The Balaban J connectivity index is 1.33. The Morgan fingerprint density at radius 1 is 0.862 bits per heavy atom. The van der Waals surface area contributed by atoms with Gasteiger partial charge in [0.05, 0.1) is 54.2 Å². The number of aliphatic carboxylic acids is 1. The summed E-state index contributed by atoms with van der Waals surface area (Å²) in [5.41, 5.74) is -1.37. The van der Waals surface area contributed by atoms with Crippen molar-refractivity contribution in [1.82, 2.24) is 0 Å². The van der Waals surface area contributed by atoms with Gasteiger partial charge in [0.1, 0.15) is 12.2 Å². The molecular weight excluding hydrogens is 748 g/mol. The summed E-state index contributed by atoms with van der Waals surface area (Å²) in [7, 11) is 0. The van der Waals surface area contributed by atoms with E-state index in [0.29, 0.717) is 25.7 Å². The van der Waals surface area contributed by atoms with Crippen molar-refractivity contribution >= 4 is 17.9 Å². The van der Waals surface area contributed by atoms with E-state index in [9.17, 15) is 29.7 Å². The van der Waals surface area contributed by atoms with Crippen molar-refractivity contribution in [3.63, 3.8) is 0 Å². The quantitative estimate of drug-likeness (QED) is 0.100. The number of aliphatic hydroxyl groups is 2. The smallest absolute Gasteiger partial charge is 0.309 e. The van der Waals surface area contributed by atoms with Crippen LogP contribution in [-0.4, -0.2) is 105 Å². The molecule has 5 fully saturated rings.